The first-order valence-corrected chi connectivity index (χ1v) is 11.8. The van der Waals surface area contributed by atoms with Crippen molar-refractivity contribution < 1.29 is 37.9 Å². The maximum absolute atomic E-state index is 6.55. The van der Waals surface area contributed by atoms with Crippen LogP contribution in [0.15, 0.2) is 60.7 Å². The Hall–Kier alpha value is -1.88. The van der Waals surface area contributed by atoms with E-state index in [1.807, 2.05) is 60.7 Å². The van der Waals surface area contributed by atoms with Gasteiger partial charge in [-0.25, -0.2) is 0 Å². The molecule has 0 amide bonds. The molecule has 1 unspecified atom stereocenters. The molecule has 2 saturated heterocycles. The minimum atomic E-state index is -1.19. The Kier molecular flexibility index (Phi) is 8.57. The van der Waals surface area contributed by atoms with E-state index in [4.69, 9.17) is 37.9 Å². The molecule has 35 heavy (non-hydrogen) atoms. The van der Waals surface area contributed by atoms with Crippen molar-refractivity contribution in [3.63, 3.8) is 0 Å². The zero-order valence-corrected chi connectivity index (χ0v) is 21.0. The second kappa shape index (κ2) is 11.5. The molecule has 0 spiro atoms. The molecular formula is C27H36O8. The van der Waals surface area contributed by atoms with Crippen molar-refractivity contribution in [2.75, 3.05) is 27.9 Å². The molecule has 0 aliphatic carbocycles. The SMILES string of the molecule is CO[C@H]1O[C@H](COCc2ccccc2)[C@H]2O[C@](C)(OC)[C@@](C)(OC)OC2[C@@H]1OCc1ccccc1. The summed E-state index contributed by atoms with van der Waals surface area (Å²) in [5.41, 5.74) is 2.10. The summed E-state index contributed by atoms with van der Waals surface area (Å²) in [7, 11) is 4.71. The van der Waals surface area contributed by atoms with Crippen LogP contribution in [0.5, 0.6) is 0 Å². The highest BCUT2D eigenvalue weighted by atomic mass is 16.8. The molecule has 7 atom stereocenters. The minimum Gasteiger partial charge on any atom is -0.374 e. The molecular weight excluding hydrogens is 452 g/mol. The standard InChI is InChI=1S/C27H36O8/c1-26(29-4)27(2,30-5)35-23-22(34-26)21(18-31-16-19-12-8-6-9-13-19)33-25(28-3)24(23)32-17-20-14-10-7-11-15-20/h6-15,21-25H,16-18H2,1-5H3/t21-,22-,23?,24+,25+,26+,27+/m1/s1. The summed E-state index contributed by atoms with van der Waals surface area (Å²) in [4.78, 5) is 0. The highest BCUT2D eigenvalue weighted by Gasteiger charge is 2.62. The molecule has 192 valence electrons. The van der Waals surface area contributed by atoms with Crippen LogP contribution in [0.3, 0.4) is 0 Å². The first-order chi connectivity index (χ1) is 16.9. The molecule has 2 aliphatic rings. The Morgan fingerprint density at radius 3 is 1.83 bits per heavy atom. The summed E-state index contributed by atoms with van der Waals surface area (Å²) in [6, 6.07) is 19.9. The predicted molar refractivity (Wildman–Crippen MR) is 127 cm³/mol. The number of fused-ring (bicyclic) bond motifs is 1. The molecule has 8 nitrogen and oxygen atoms in total. The fourth-order valence-electron chi connectivity index (χ4n) is 4.49. The molecule has 0 saturated carbocycles. The lowest BCUT2D eigenvalue weighted by Crippen LogP contribution is -2.73. The summed E-state index contributed by atoms with van der Waals surface area (Å²) in [6.07, 6.45) is -2.86. The van der Waals surface area contributed by atoms with Crippen LogP contribution in [-0.2, 0) is 51.1 Å². The van der Waals surface area contributed by atoms with E-state index in [1.54, 1.807) is 35.2 Å². The smallest absolute Gasteiger partial charge is 0.220 e. The number of rotatable bonds is 10. The Morgan fingerprint density at radius 2 is 1.29 bits per heavy atom. The van der Waals surface area contributed by atoms with Gasteiger partial charge in [0, 0.05) is 21.3 Å². The quantitative estimate of drug-likeness (QED) is 0.502. The second-order valence-corrected chi connectivity index (χ2v) is 9.01. The second-order valence-electron chi connectivity index (χ2n) is 9.01. The van der Waals surface area contributed by atoms with Crippen molar-refractivity contribution in [3.8, 4) is 0 Å². The van der Waals surface area contributed by atoms with Gasteiger partial charge in [-0.15, -0.1) is 0 Å². The molecule has 0 aromatic heterocycles. The summed E-state index contributed by atoms with van der Waals surface area (Å²) < 4.78 is 48.9. The van der Waals surface area contributed by atoms with Gasteiger partial charge < -0.3 is 37.9 Å². The number of methoxy groups -OCH3 is 3. The van der Waals surface area contributed by atoms with Gasteiger partial charge in [-0.05, 0) is 25.0 Å². The fourth-order valence-corrected chi connectivity index (χ4v) is 4.49. The maximum atomic E-state index is 6.55. The first kappa shape index (κ1) is 26.2. The maximum Gasteiger partial charge on any atom is 0.220 e. The van der Waals surface area contributed by atoms with Gasteiger partial charge in [0.15, 0.2) is 6.29 Å². The largest absolute Gasteiger partial charge is 0.374 e. The Bertz CT molecular complexity index is 912. The number of hydrogen-bond acceptors (Lipinski definition) is 8. The summed E-state index contributed by atoms with van der Waals surface area (Å²) in [5.74, 6) is -2.38. The molecule has 4 rings (SSSR count). The van der Waals surface area contributed by atoms with Crippen molar-refractivity contribution in [2.24, 2.45) is 0 Å². The van der Waals surface area contributed by atoms with E-state index >= 15 is 0 Å². The fraction of sp³-hybridized carbons (Fsp3) is 0.556. The van der Waals surface area contributed by atoms with Gasteiger partial charge in [0.05, 0.1) is 19.8 Å². The van der Waals surface area contributed by atoms with Crippen LogP contribution in [0, 0.1) is 0 Å². The monoisotopic (exact) mass is 488 g/mol. The molecule has 8 heteroatoms. The van der Waals surface area contributed by atoms with Crippen LogP contribution in [0.25, 0.3) is 0 Å². The van der Waals surface area contributed by atoms with E-state index < -0.39 is 42.3 Å². The lowest BCUT2D eigenvalue weighted by molar-refractivity contribution is -0.481. The van der Waals surface area contributed by atoms with E-state index in [1.165, 1.54) is 0 Å². The third-order valence-corrected chi connectivity index (χ3v) is 6.83. The van der Waals surface area contributed by atoms with Gasteiger partial charge >= 0.3 is 0 Å². The zero-order chi connectivity index (χ0) is 24.9. The van der Waals surface area contributed by atoms with E-state index in [0.29, 0.717) is 13.2 Å². The normalized spacial score (nSPS) is 34.9. The Morgan fingerprint density at radius 1 is 0.743 bits per heavy atom. The van der Waals surface area contributed by atoms with Gasteiger partial charge in [-0.1, -0.05) is 60.7 Å². The summed E-state index contributed by atoms with van der Waals surface area (Å²) in [6.45, 7) is 4.66. The van der Waals surface area contributed by atoms with Crippen molar-refractivity contribution in [2.45, 2.75) is 69.3 Å². The van der Waals surface area contributed by atoms with Crippen molar-refractivity contribution in [1.82, 2.24) is 0 Å². The van der Waals surface area contributed by atoms with Gasteiger partial charge in [0.1, 0.15) is 24.4 Å². The summed E-state index contributed by atoms with van der Waals surface area (Å²) >= 11 is 0. The lowest BCUT2D eigenvalue weighted by Gasteiger charge is -2.57. The first-order valence-electron chi connectivity index (χ1n) is 11.8. The van der Waals surface area contributed by atoms with Gasteiger partial charge in [-0.3, -0.25) is 0 Å². The third-order valence-electron chi connectivity index (χ3n) is 6.83. The molecule has 2 aliphatic heterocycles. The molecule has 2 heterocycles. The topological polar surface area (TPSA) is 73.8 Å². The van der Waals surface area contributed by atoms with E-state index in [2.05, 4.69) is 0 Å². The van der Waals surface area contributed by atoms with Crippen LogP contribution in [-0.4, -0.2) is 70.2 Å². The lowest BCUT2D eigenvalue weighted by atomic mass is 9.94. The van der Waals surface area contributed by atoms with E-state index in [9.17, 15) is 0 Å². The van der Waals surface area contributed by atoms with Crippen LogP contribution in [0.4, 0.5) is 0 Å². The molecule has 0 bridgehead atoms. The number of ether oxygens (including phenoxy) is 8. The van der Waals surface area contributed by atoms with Crippen LogP contribution < -0.4 is 0 Å². The minimum absolute atomic E-state index is 0.272. The Balaban J connectivity index is 1.55. The summed E-state index contributed by atoms with van der Waals surface area (Å²) in [5, 5.41) is 0. The highest BCUT2D eigenvalue weighted by molar-refractivity contribution is 5.14. The van der Waals surface area contributed by atoms with Gasteiger partial charge in [-0.2, -0.15) is 0 Å². The molecule has 0 radical (unpaired) electrons. The molecule has 2 aromatic rings. The number of hydrogen-bond donors (Lipinski definition) is 0. The molecule has 2 fully saturated rings. The molecule has 2 aromatic carbocycles. The van der Waals surface area contributed by atoms with E-state index in [-0.39, 0.29) is 6.61 Å². The van der Waals surface area contributed by atoms with Crippen LogP contribution in [0.2, 0.25) is 0 Å². The van der Waals surface area contributed by atoms with Crippen LogP contribution >= 0.6 is 0 Å². The van der Waals surface area contributed by atoms with E-state index in [0.717, 1.165) is 11.1 Å². The predicted octanol–water partition coefficient (Wildman–Crippen LogP) is 3.67. The average Bonchev–Trinajstić information content (AvgIpc) is 2.90. The van der Waals surface area contributed by atoms with Crippen molar-refractivity contribution in [1.29, 1.82) is 0 Å². The van der Waals surface area contributed by atoms with Gasteiger partial charge in [0.2, 0.25) is 11.6 Å². The van der Waals surface area contributed by atoms with Crippen molar-refractivity contribution in [3.05, 3.63) is 71.8 Å². The zero-order valence-electron chi connectivity index (χ0n) is 21.0. The highest BCUT2D eigenvalue weighted by Crippen LogP contribution is 2.44. The van der Waals surface area contributed by atoms with Gasteiger partial charge in [0.25, 0.3) is 0 Å². The average molecular weight is 489 g/mol. The van der Waals surface area contributed by atoms with Crippen LogP contribution in [0.1, 0.15) is 25.0 Å². The number of benzene rings is 2. The molecule has 0 N–H and O–H groups in total. The Labute approximate surface area is 207 Å². The third kappa shape index (κ3) is 5.60. The van der Waals surface area contributed by atoms with Crippen molar-refractivity contribution >= 4 is 0 Å².